The number of carbonyl (C=O) groups is 1. The molecule has 0 saturated heterocycles. The molecule has 0 spiro atoms. The first-order valence-corrected chi connectivity index (χ1v) is 8.41. The van der Waals surface area contributed by atoms with Gasteiger partial charge in [-0.3, -0.25) is 4.79 Å². The highest BCUT2D eigenvalue weighted by Crippen LogP contribution is 2.32. The molecule has 0 aliphatic carbocycles. The smallest absolute Gasteiger partial charge is 0.387 e. The molecule has 2 aromatic rings. The van der Waals surface area contributed by atoms with Crippen molar-refractivity contribution in [2.75, 3.05) is 11.9 Å². The maximum Gasteiger partial charge on any atom is 0.387 e. The summed E-state index contributed by atoms with van der Waals surface area (Å²) in [5.74, 6) is 0.452. The van der Waals surface area contributed by atoms with Crippen LogP contribution in [0.4, 0.5) is 14.5 Å². The fourth-order valence-electron chi connectivity index (χ4n) is 2.31. The zero-order valence-corrected chi connectivity index (χ0v) is 15.4. The van der Waals surface area contributed by atoms with Crippen LogP contribution in [0.1, 0.15) is 30.9 Å². The zero-order valence-electron chi connectivity index (χ0n) is 14.7. The largest absolute Gasteiger partial charge is 0.483 e. The summed E-state index contributed by atoms with van der Waals surface area (Å²) in [7, 11) is 0. The molecule has 1 amide bonds. The van der Waals surface area contributed by atoms with Crippen LogP contribution in [0.2, 0.25) is 5.02 Å². The molecule has 0 aliphatic heterocycles. The number of rotatable bonds is 7. The van der Waals surface area contributed by atoms with Crippen molar-refractivity contribution in [3.05, 3.63) is 52.5 Å². The number of ether oxygens (including phenoxy) is 2. The Morgan fingerprint density at radius 1 is 1.19 bits per heavy atom. The van der Waals surface area contributed by atoms with Crippen LogP contribution in [0, 0.1) is 6.92 Å². The summed E-state index contributed by atoms with van der Waals surface area (Å²) in [5, 5.41) is 3.28. The van der Waals surface area contributed by atoms with E-state index in [1.54, 1.807) is 6.07 Å². The van der Waals surface area contributed by atoms with E-state index in [-0.39, 0.29) is 24.2 Å². The van der Waals surface area contributed by atoms with Gasteiger partial charge in [-0.25, -0.2) is 0 Å². The van der Waals surface area contributed by atoms with Gasteiger partial charge in [0.2, 0.25) is 0 Å². The quantitative estimate of drug-likeness (QED) is 0.697. The van der Waals surface area contributed by atoms with Gasteiger partial charge < -0.3 is 14.8 Å². The Hall–Kier alpha value is -2.34. The Labute approximate surface area is 156 Å². The summed E-state index contributed by atoms with van der Waals surface area (Å²) in [4.78, 5) is 12.1. The van der Waals surface area contributed by atoms with Gasteiger partial charge in [-0.05, 0) is 60.4 Å². The number of amides is 1. The van der Waals surface area contributed by atoms with E-state index in [4.69, 9.17) is 16.3 Å². The third-order valence-electron chi connectivity index (χ3n) is 3.64. The second kappa shape index (κ2) is 8.85. The molecule has 26 heavy (non-hydrogen) atoms. The van der Waals surface area contributed by atoms with Crippen molar-refractivity contribution >= 4 is 23.2 Å². The lowest BCUT2D eigenvalue weighted by atomic mass is 10.0. The summed E-state index contributed by atoms with van der Waals surface area (Å²) in [6.45, 7) is 2.81. The summed E-state index contributed by atoms with van der Waals surface area (Å²) in [6, 6.07) is 9.30. The summed E-state index contributed by atoms with van der Waals surface area (Å²) < 4.78 is 34.1. The number of hydrogen-bond donors (Lipinski definition) is 1. The first-order chi connectivity index (χ1) is 12.3. The van der Waals surface area contributed by atoms with Gasteiger partial charge in [-0.2, -0.15) is 8.78 Å². The van der Waals surface area contributed by atoms with Crippen LogP contribution in [0.15, 0.2) is 36.4 Å². The van der Waals surface area contributed by atoms with Gasteiger partial charge in [0.05, 0.1) is 0 Å². The first kappa shape index (κ1) is 20.0. The van der Waals surface area contributed by atoms with Crippen LogP contribution in [0.25, 0.3) is 0 Å². The molecule has 0 aromatic heterocycles. The van der Waals surface area contributed by atoms with Crippen LogP contribution >= 0.6 is 11.6 Å². The average molecular weight is 384 g/mol. The normalized spacial score (nSPS) is 10.9. The number of aryl methyl sites for hydroxylation is 1. The first-order valence-electron chi connectivity index (χ1n) is 8.04. The number of benzene rings is 2. The second-order valence-electron chi connectivity index (χ2n) is 6.03. The Bertz CT molecular complexity index is 764. The highest BCUT2D eigenvalue weighted by atomic mass is 35.5. The lowest BCUT2D eigenvalue weighted by Crippen LogP contribution is -2.20. The van der Waals surface area contributed by atoms with Crippen LogP contribution in [-0.4, -0.2) is 19.1 Å². The maximum atomic E-state index is 12.1. The van der Waals surface area contributed by atoms with Crippen LogP contribution in [0.3, 0.4) is 0 Å². The van der Waals surface area contributed by atoms with Gasteiger partial charge in [-0.15, -0.1) is 0 Å². The number of halogens is 3. The lowest BCUT2D eigenvalue weighted by molar-refractivity contribution is -0.118. The van der Waals surface area contributed by atoms with E-state index in [9.17, 15) is 13.6 Å². The molecule has 0 heterocycles. The van der Waals surface area contributed by atoms with Crippen LogP contribution < -0.4 is 14.8 Å². The molecule has 7 heteroatoms. The minimum absolute atomic E-state index is 0.0208. The molecule has 2 rings (SSSR count). The van der Waals surface area contributed by atoms with Gasteiger partial charge in [0.25, 0.3) is 5.91 Å². The molecule has 1 N–H and O–H groups in total. The van der Waals surface area contributed by atoms with Crippen molar-refractivity contribution in [1.82, 2.24) is 0 Å². The molecule has 140 valence electrons. The zero-order chi connectivity index (χ0) is 19.3. The monoisotopic (exact) mass is 383 g/mol. The van der Waals surface area contributed by atoms with E-state index in [1.807, 2.05) is 26.8 Å². The van der Waals surface area contributed by atoms with Gasteiger partial charge >= 0.3 is 6.61 Å². The van der Waals surface area contributed by atoms with E-state index < -0.39 is 6.61 Å². The SMILES string of the molecule is Cc1cc(OCC(=O)Nc2ccc(OC(F)F)cc2)c(C(C)C)cc1Cl. The molecule has 0 aliphatic rings. The predicted molar refractivity (Wildman–Crippen MR) is 97.5 cm³/mol. The summed E-state index contributed by atoms with van der Waals surface area (Å²) in [6.07, 6.45) is 0. The lowest BCUT2D eigenvalue weighted by Gasteiger charge is -2.16. The molecule has 4 nitrogen and oxygen atoms in total. The van der Waals surface area contributed by atoms with Crippen molar-refractivity contribution in [2.45, 2.75) is 33.3 Å². The van der Waals surface area contributed by atoms with Crippen molar-refractivity contribution in [3.63, 3.8) is 0 Å². The van der Waals surface area contributed by atoms with Gasteiger partial charge in [0.1, 0.15) is 11.5 Å². The molecule has 0 unspecified atom stereocenters. The third kappa shape index (κ3) is 5.59. The minimum atomic E-state index is -2.89. The molecule has 2 aromatic carbocycles. The molecule has 0 bridgehead atoms. The summed E-state index contributed by atoms with van der Waals surface area (Å²) >= 11 is 6.15. The average Bonchev–Trinajstić information content (AvgIpc) is 2.56. The Balaban J connectivity index is 1.98. The van der Waals surface area contributed by atoms with E-state index in [2.05, 4.69) is 10.1 Å². The molecule has 0 fully saturated rings. The molecule has 0 radical (unpaired) electrons. The van der Waals surface area contributed by atoms with Crippen molar-refractivity contribution in [3.8, 4) is 11.5 Å². The Morgan fingerprint density at radius 2 is 1.85 bits per heavy atom. The number of carbonyl (C=O) groups excluding carboxylic acids is 1. The number of nitrogens with one attached hydrogen (secondary N) is 1. The Kier molecular flexibility index (Phi) is 6.80. The Morgan fingerprint density at radius 3 is 2.42 bits per heavy atom. The molecular formula is C19H20ClF2NO3. The van der Waals surface area contributed by atoms with Crippen molar-refractivity contribution in [1.29, 1.82) is 0 Å². The number of hydrogen-bond acceptors (Lipinski definition) is 3. The minimum Gasteiger partial charge on any atom is -0.483 e. The van der Waals surface area contributed by atoms with E-state index in [1.165, 1.54) is 24.3 Å². The van der Waals surface area contributed by atoms with Gasteiger partial charge in [0, 0.05) is 10.7 Å². The number of alkyl halides is 2. The third-order valence-corrected chi connectivity index (χ3v) is 4.04. The highest BCUT2D eigenvalue weighted by Gasteiger charge is 2.13. The number of anilines is 1. The summed E-state index contributed by atoms with van der Waals surface area (Å²) in [5.41, 5.74) is 2.24. The van der Waals surface area contributed by atoms with Crippen molar-refractivity contribution < 1.29 is 23.0 Å². The van der Waals surface area contributed by atoms with Gasteiger partial charge in [0.15, 0.2) is 6.61 Å². The standard InChI is InChI=1S/C19H20ClF2NO3/c1-11(2)15-9-16(20)12(3)8-17(15)25-10-18(24)23-13-4-6-14(7-5-13)26-19(21)22/h4-9,11,19H,10H2,1-3H3,(H,23,24). The fraction of sp³-hybridized carbons (Fsp3) is 0.316. The molecular weight excluding hydrogens is 364 g/mol. The predicted octanol–water partition coefficient (Wildman–Crippen LogP) is 5.39. The second-order valence-corrected chi connectivity index (χ2v) is 6.44. The highest BCUT2D eigenvalue weighted by molar-refractivity contribution is 6.31. The van der Waals surface area contributed by atoms with Crippen molar-refractivity contribution in [2.24, 2.45) is 0 Å². The van der Waals surface area contributed by atoms with Crippen LogP contribution in [0.5, 0.6) is 11.5 Å². The maximum absolute atomic E-state index is 12.1. The van der Waals surface area contributed by atoms with Gasteiger partial charge in [-0.1, -0.05) is 25.4 Å². The topological polar surface area (TPSA) is 47.6 Å². The van der Waals surface area contributed by atoms with E-state index >= 15 is 0 Å². The fourth-order valence-corrected chi connectivity index (χ4v) is 2.48. The van der Waals surface area contributed by atoms with E-state index in [0.717, 1.165) is 11.1 Å². The molecule has 0 atom stereocenters. The van der Waals surface area contributed by atoms with E-state index in [0.29, 0.717) is 16.5 Å². The molecule has 0 saturated carbocycles. The van der Waals surface area contributed by atoms with Crippen LogP contribution in [-0.2, 0) is 4.79 Å².